The van der Waals surface area contributed by atoms with Crippen LogP contribution in [0, 0.1) is 21.4 Å². The molecule has 5 nitrogen and oxygen atoms in total. The Bertz CT molecular complexity index is 665. The van der Waals surface area contributed by atoms with Crippen molar-refractivity contribution in [3.05, 3.63) is 57.4 Å². The van der Waals surface area contributed by atoms with Crippen molar-refractivity contribution < 1.29 is 4.92 Å². The number of rotatable bonds is 2. The number of benzene rings is 1. The third kappa shape index (κ3) is 2.14. The maximum atomic E-state index is 10.7. The first-order valence-corrected chi connectivity index (χ1v) is 5.30. The Hall–Kier alpha value is -2.45. The molecule has 0 aliphatic heterocycles. The average Bonchev–Trinajstić information content (AvgIpc) is 2.38. The number of nitriles is 1. The van der Waals surface area contributed by atoms with Crippen LogP contribution in [-0.2, 0) is 0 Å². The highest BCUT2D eigenvalue weighted by atomic mass is 35.5. The summed E-state index contributed by atoms with van der Waals surface area (Å²) in [4.78, 5) is 14.0. The summed E-state index contributed by atoms with van der Waals surface area (Å²) in [5.41, 5.74) is 1.26. The van der Waals surface area contributed by atoms with E-state index in [9.17, 15) is 10.1 Å². The molecule has 1 aromatic heterocycles. The lowest BCUT2D eigenvalue weighted by Crippen LogP contribution is -1.91. The van der Waals surface area contributed by atoms with E-state index in [0.29, 0.717) is 11.1 Å². The fourth-order valence-corrected chi connectivity index (χ4v) is 1.77. The SMILES string of the molecule is N#Cc1c(-c2cccc([N+](=O)[O-])c2)ccnc1Cl. The number of pyridine rings is 1. The zero-order valence-corrected chi connectivity index (χ0v) is 9.76. The van der Waals surface area contributed by atoms with Crippen molar-refractivity contribution in [2.45, 2.75) is 0 Å². The third-order valence-electron chi connectivity index (χ3n) is 2.38. The zero-order valence-electron chi connectivity index (χ0n) is 9.00. The molecule has 6 heteroatoms. The van der Waals surface area contributed by atoms with E-state index >= 15 is 0 Å². The lowest BCUT2D eigenvalue weighted by molar-refractivity contribution is -0.384. The smallest absolute Gasteiger partial charge is 0.258 e. The van der Waals surface area contributed by atoms with Gasteiger partial charge < -0.3 is 0 Å². The van der Waals surface area contributed by atoms with Gasteiger partial charge in [-0.25, -0.2) is 4.98 Å². The molecule has 1 heterocycles. The molecule has 0 saturated carbocycles. The maximum absolute atomic E-state index is 10.7. The molecule has 0 N–H and O–H groups in total. The molecule has 0 spiro atoms. The van der Waals surface area contributed by atoms with E-state index in [0.717, 1.165) is 0 Å². The number of nitro benzene ring substituents is 1. The van der Waals surface area contributed by atoms with E-state index in [1.54, 1.807) is 18.2 Å². The predicted octanol–water partition coefficient (Wildman–Crippen LogP) is 3.18. The van der Waals surface area contributed by atoms with Gasteiger partial charge in [0, 0.05) is 23.9 Å². The normalized spacial score (nSPS) is 9.78. The minimum absolute atomic E-state index is 0.0377. The minimum atomic E-state index is -0.488. The largest absolute Gasteiger partial charge is 0.270 e. The molecule has 0 fully saturated rings. The molecule has 0 aliphatic carbocycles. The van der Waals surface area contributed by atoms with E-state index in [4.69, 9.17) is 16.9 Å². The monoisotopic (exact) mass is 259 g/mol. The Morgan fingerprint density at radius 1 is 1.39 bits per heavy atom. The first-order valence-electron chi connectivity index (χ1n) is 4.93. The van der Waals surface area contributed by atoms with Crippen LogP contribution in [0.1, 0.15) is 5.56 Å². The minimum Gasteiger partial charge on any atom is -0.258 e. The van der Waals surface area contributed by atoms with Crippen LogP contribution in [0.3, 0.4) is 0 Å². The van der Waals surface area contributed by atoms with E-state index in [1.165, 1.54) is 18.3 Å². The highest BCUT2D eigenvalue weighted by Gasteiger charge is 2.12. The maximum Gasteiger partial charge on any atom is 0.270 e. The Morgan fingerprint density at radius 3 is 2.83 bits per heavy atom. The van der Waals surface area contributed by atoms with Gasteiger partial charge in [-0.15, -0.1) is 0 Å². The zero-order chi connectivity index (χ0) is 13.1. The average molecular weight is 260 g/mol. The van der Waals surface area contributed by atoms with E-state index in [-0.39, 0.29) is 16.4 Å². The van der Waals surface area contributed by atoms with E-state index < -0.39 is 4.92 Å². The van der Waals surface area contributed by atoms with Gasteiger partial charge in [-0.2, -0.15) is 5.26 Å². The van der Waals surface area contributed by atoms with Gasteiger partial charge in [0.05, 0.1) is 10.5 Å². The molecule has 1 aromatic carbocycles. The van der Waals surface area contributed by atoms with Crippen LogP contribution in [0.2, 0.25) is 5.15 Å². The highest BCUT2D eigenvalue weighted by molar-refractivity contribution is 6.31. The molecule has 2 aromatic rings. The van der Waals surface area contributed by atoms with Gasteiger partial charge in [-0.1, -0.05) is 23.7 Å². The fourth-order valence-electron chi connectivity index (χ4n) is 1.57. The Labute approximate surface area is 107 Å². The summed E-state index contributed by atoms with van der Waals surface area (Å²) >= 11 is 5.81. The van der Waals surface area contributed by atoms with Crippen LogP contribution < -0.4 is 0 Å². The van der Waals surface area contributed by atoms with Gasteiger partial charge in [-0.3, -0.25) is 10.1 Å². The lowest BCUT2D eigenvalue weighted by Gasteiger charge is -2.04. The summed E-state index contributed by atoms with van der Waals surface area (Å²) < 4.78 is 0. The van der Waals surface area contributed by atoms with Gasteiger partial charge in [0.15, 0.2) is 0 Å². The summed E-state index contributed by atoms with van der Waals surface area (Å²) in [7, 11) is 0. The number of hydrogen-bond acceptors (Lipinski definition) is 4. The second kappa shape index (κ2) is 4.82. The van der Waals surface area contributed by atoms with Gasteiger partial charge in [0.2, 0.25) is 0 Å². The molecule has 0 bridgehead atoms. The molecular weight excluding hydrogens is 254 g/mol. The molecule has 0 saturated heterocycles. The van der Waals surface area contributed by atoms with Crippen molar-refractivity contribution in [1.82, 2.24) is 4.98 Å². The van der Waals surface area contributed by atoms with Crippen LogP contribution in [0.25, 0.3) is 11.1 Å². The molecule has 0 atom stereocenters. The number of non-ortho nitro benzene ring substituents is 1. The number of hydrogen-bond donors (Lipinski definition) is 0. The molecule has 88 valence electrons. The Kier molecular flexibility index (Phi) is 3.22. The lowest BCUT2D eigenvalue weighted by atomic mass is 10.0. The molecule has 18 heavy (non-hydrogen) atoms. The number of nitrogens with zero attached hydrogens (tertiary/aromatic N) is 3. The van der Waals surface area contributed by atoms with Crippen molar-refractivity contribution in [3.63, 3.8) is 0 Å². The first kappa shape index (κ1) is 12.0. The molecule has 2 rings (SSSR count). The Balaban J connectivity index is 2.63. The molecule has 0 aliphatic rings. The summed E-state index contributed by atoms with van der Waals surface area (Å²) in [5.74, 6) is 0. The van der Waals surface area contributed by atoms with Crippen molar-refractivity contribution in [3.8, 4) is 17.2 Å². The van der Waals surface area contributed by atoms with E-state index in [1.807, 2.05) is 6.07 Å². The highest BCUT2D eigenvalue weighted by Crippen LogP contribution is 2.29. The van der Waals surface area contributed by atoms with Crippen LogP contribution in [-0.4, -0.2) is 9.91 Å². The van der Waals surface area contributed by atoms with E-state index in [2.05, 4.69) is 4.98 Å². The van der Waals surface area contributed by atoms with Gasteiger partial charge >= 0.3 is 0 Å². The predicted molar refractivity (Wildman–Crippen MR) is 66.1 cm³/mol. The molecule has 0 unspecified atom stereocenters. The third-order valence-corrected chi connectivity index (χ3v) is 2.67. The second-order valence-corrected chi connectivity index (χ2v) is 3.80. The van der Waals surface area contributed by atoms with Crippen molar-refractivity contribution in [2.75, 3.05) is 0 Å². The van der Waals surface area contributed by atoms with Gasteiger partial charge in [0.25, 0.3) is 5.69 Å². The summed E-state index contributed by atoms with van der Waals surface area (Å²) in [6, 6.07) is 9.57. The number of nitro groups is 1. The summed E-state index contributed by atoms with van der Waals surface area (Å²) in [6.07, 6.45) is 1.46. The fraction of sp³-hybridized carbons (Fsp3) is 0. The second-order valence-electron chi connectivity index (χ2n) is 3.44. The van der Waals surface area contributed by atoms with Crippen LogP contribution in [0.15, 0.2) is 36.5 Å². The number of aromatic nitrogens is 1. The summed E-state index contributed by atoms with van der Waals surface area (Å²) in [5, 5.41) is 19.8. The standard InChI is InChI=1S/C12H6ClN3O2/c13-12-11(7-14)10(4-5-15-12)8-2-1-3-9(6-8)16(17)18/h1-6H. The van der Waals surface area contributed by atoms with Crippen LogP contribution >= 0.6 is 11.6 Å². The van der Waals surface area contributed by atoms with Crippen LogP contribution in [0.4, 0.5) is 5.69 Å². The molecule has 0 radical (unpaired) electrons. The topological polar surface area (TPSA) is 79.8 Å². The first-order chi connectivity index (χ1) is 8.63. The Morgan fingerprint density at radius 2 is 2.17 bits per heavy atom. The number of halogens is 1. The van der Waals surface area contributed by atoms with Gasteiger partial charge in [0.1, 0.15) is 11.2 Å². The van der Waals surface area contributed by atoms with Gasteiger partial charge in [-0.05, 0) is 11.6 Å². The van der Waals surface area contributed by atoms with Crippen molar-refractivity contribution >= 4 is 17.3 Å². The summed E-state index contributed by atoms with van der Waals surface area (Å²) in [6.45, 7) is 0. The molecular formula is C12H6ClN3O2. The van der Waals surface area contributed by atoms with Crippen molar-refractivity contribution in [2.24, 2.45) is 0 Å². The quantitative estimate of drug-likeness (QED) is 0.471. The van der Waals surface area contributed by atoms with Crippen molar-refractivity contribution in [1.29, 1.82) is 5.26 Å². The molecule has 0 amide bonds. The van der Waals surface area contributed by atoms with Crippen LogP contribution in [0.5, 0.6) is 0 Å².